The molecule has 0 saturated carbocycles. The van der Waals surface area contributed by atoms with E-state index in [1.807, 2.05) is 0 Å². The first-order valence-corrected chi connectivity index (χ1v) is 4.75. The molecule has 0 N–H and O–H groups in total. The molecule has 70 valence electrons. The minimum Gasteiger partial charge on any atom is -0.360 e. The number of rotatable bonds is 0. The zero-order valence-corrected chi connectivity index (χ0v) is 7.05. The van der Waals surface area contributed by atoms with Crippen LogP contribution in [0.2, 0.25) is 0 Å². The van der Waals surface area contributed by atoms with Crippen molar-refractivity contribution in [3.8, 4) is 0 Å². The first kappa shape index (κ1) is 9.56. The summed E-state index contributed by atoms with van der Waals surface area (Å²) in [6, 6.07) is 0. The topological polar surface area (TPSA) is 15.6 Å². The van der Waals surface area contributed by atoms with Gasteiger partial charge in [0, 0.05) is 26.1 Å². The highest BCUT2D eigenvalue weighted by atomic mass is 15.2. The molecule has 0 bridgehead atoms. The minimum absolute atomic E-state index is 0. The first-order valence-electron chi connectivity index (χ1n) is 4.75. The molecule has 0 unspecified atom stereocenters. The maximum absolute atomic E-state index is 4.55. The van der Waals surface area contributed by atoms with Crippen LogP contribution in [0, 0.1) is 0 Å². The Bertz CT molecular complexity index is 163. The summed E-state index contributed by atoms with van der Waals surface area (Å²) in [6.45, 7) is 3.60. The smallest absolute Gasteiger partial charge is 0.0988 e. The molecule has 0 atom stereocenters. The molecule has 2 nitrogen and oxygen atoms in total. The van der Waals surface area contributed by atoms with Crippen LogP contribution in [0.15, 0.2) is 4.99 Å². The van der Waals surface area contributed by atoms with E-state index in [1.165, 1.54) is 51.0 Å². The average molecular weight is 168 g/mol. The Kier molecular flexibility index (Phi) is 3.57. The summed E-state index contributed by atoms with van der Waals surface area (Å²) >= 11 is 0. The predicted molar refractivity (Wildman–Crippen MR) is 53.7 cm³/mol. The van der Waals surface area contributed by atoms with Crippen molar-refractivity contribution >= 4 is 5.84 Å². The van der Waals surface area contributed by atoms with Gasteiger partial charge in [0.2, 0.25) is 0 Å². The van der Waals surface area contributed by atoms with Gasteiger partial charge in [0.1, 0.15) is 0 Å². The van der Waals surface area contributed by atoms with Gasteiger partial charge in [-0.3, -0.25) is 4.99 Å². The third-order valence-corrected chi connectivity index (χ3v) is 2.57. The zero-order chi connectivity index (χ0) is 7.52. The van der Waals surface area contributed by atoms with E-state index in [1.54, 1.807) is 0 Å². The van der Waals surface area contributed by atoms with E-state index >= 15 is 0 Å². The Morgan fingerprint density at radius 3 is 2.75 bits per heavy atom. The van der Waals surface area contributed by atoms with Gasteiger partial charge in [-0.1, -0.05) is 13.8 Å². The van der Waals surface area contributed by atoms with Crippen molar-refractivity contribution in [2.24, 2.45) is 4.99 Å². The van der Waals surface area contributed by atoms with Crippen LogP contribution in [0.5, 0.6) is 0 Å². The lowest BCUT2D eigenvalue weighted by Crippen LogP contribution is -2.34. The standard InChI is InChI=1S/C9H16N2.CH4/c1-2-5-9-10-6-4-8-11(9)7-3-1;/h1-8H2;1H4. The average Bonchev–Trinajstić information content (AvgIpc) is 2.28. The Labute approximate surface area is 75.7 Å². The van der Waals surface area contributed by atoms with Crippen LogP contribution in [0.4, 0.5) is 0 Å². The van der Waals surface area contributed by atoms with E-state index in [4.69, 9.17) is 0 Å². The van der Waals surface area contributed by atoms with Crippen molar-refractivity contribution < 1.29 is 0 Å². The molecule has 0 aromatic heterocycles. The lowest BCUT2D eigenvalue weighted by atomic mass is 10.2. The van der Waals surface area contributed by atoms with Gasteiger partial charge < -0.3 is 4.90 Å². The predicted octanol–water partition coefficient (Wildman–Crippen LogP) is 2.30. The molecule has 1 fully saturated rings. The van der Waals surface area contributed by atoms with Crippen LogP contribution < -0.4 is 0 Å². The summed E-state index contributed by atoms with van der Waals surface area (Å²) in [7, 11) is 0. The maximum atomic E-state index is 4.55. The molecule has 12 heavy (non-hydrogen) atoms. The normalized spacial score (nSPS) is 23.3. The van der Waals surface area contributed by atoms with Crippen LogP contribution in [0.3, 0.4) is 0 Å². The number of hydrogen-bond donors (Lipinski definition) is 0. The molecule has 0 spiro atoms. The van der Waals surface area contributed by atoms with Crippen LogP contribution in [0.25, 0.3) is 0 Å². The van der Waals surface area contributed by atoms with Crippen LogP contribution in [-0.4, -0.2) is 30.4 Å². The number of hydrogen-bond acceptors (Lipinski definition) is 2. The second-order valence-corrected chi connectivity index (χ2v) is 3.45. The summed E-state index contributed by atoms with van der Waals surface area (Å²) < 4.78 is 0. The van der Waals surface area contributed by atoms with Crippen LogP contribution in [0.1, 0.15) is 39.5 Å². The van der Waals surface area contributed by atoms with Crippen molar-refractivity contribution in [2.75, 3.05) is 19.6 Å². The summed E-state index contributed by atoms with van der Waals surface area (Å²) in [5.74, 6) is 1.40. The molecular weight excluding hydrogens is 148 g/mol. The lowest BCUT2D eigenvalue weighted by molar-refractivity contribution is 0.391. The number of amidine groups is 1. The molecule has 2 rings (SSSR count). The molecule has 0 radical (unpaired) electrons. The van der Waals surface area contributed by atoms with Gasteiger partial charge in [-0.25, -0.2) is 0 Å². The van der Waals surface area contributed by atoms with Crippen molar-refractivity contribution in [1.82, 2.24) is 4.90 Å². The SMILES string of the molecule is C.C1CCC2=NCCCN2CC1. The number of aliphatic imine (C=N–C) groups is 1. The van der Waals surface area contributed by atoms with Gasteiger partial charge in [-0.2, -0.15) is 0 Å². The van der Waals surface area contributed by atoms with E-state index in [9.17, 15) is 0 Å². The van der Waals surface area contributed by atoms with Gasteiger partial charge >= 0.3 is 0 Å². The molecule has 0 aliphatic carbocycles. The summed E-state index contributed by atoms with van der Waals surface area (Å²) in [5.41, 5.74) is 0. The minimum atomic E-state index is 0. The van der Waals surface area contributed by atoms with Gasteiger partial charge in [-0.05, 0) is 19.3 Å². The second-order valence-electron chi connectivity index (χ2n) is 3.45. The lowest BCUT2D eigenvalue weighted by Gasteiger charge is -2.27. The van der Waals surface area contributed by atoms with Crippen molar-refractivity contribution in [2.45, 2.75) is 39.5 Å². The molecular formula is C10H20N2. The summed E-state index contributed by atoms with van der Waals surface area (Å²) in [5, 5.41) is 0. The van der Waals surface area contributed by atoms with Gasteiger partial charge in [0.25, 0.3) is 0 Å². The third-order valence-electron chi connectivity index (χ3n) is 2.57. The van der Waals surface area contributed by atoms with Crippen LogP contribution >= 0.6 is 0 Å². The van der Waals surface area contributed by atoms with E-state index < -0.39 is 0 Å². The molecule has 2 aliphatic rings. The summed E-state index contributed by atoms with van der Waals surface area (Å²) in [6.07, 6.45) is 6.63. The zero-order valence-electron chi connectivity index (χ0n) is 7.05. The quantitative estimate of drug-likeness (QED) is 0.542. The molecule has 0 amide bonds. The molecule has 0 aromatic rings. The van der Waals surface area contributed by atoms with E-state index in [0.29, 0.717) is 0 Å². The monoisotopic (exact) mass is 168 g/mol. The summed E-state index contributed by atoms with van der Waals surface area (Å²) in [4.78, 5) is 7.04. The van der Waals surface area contributed by atoms with E-state index in [0.717, 1.165) is 6.54 Å². The fourth-order valence-electron chi connectivity index (χ4n) is 1.94. The Balaban J connectivity index is 0.000000720. The Morgan fingerprint density at radius 1 is 1.00 bits per heavy atom. The van der Waals surface area contributed by atoms with Gasteiger partial charge in [0.05, 0.1) is 5.84 Å². The van der Waals surface area contributed by atoms with Crippen LogP contribution in [-0.2, 0) is 0 Å². The highest BCUT2D eigenvalue weighted by molar-refractivity contribution is 5.83. The van der Waals surface area contributed by atoms with Crippen molar-refractivity contribution in [3.05, 3.63) is 0 Å². The van der Waals surface area contributed by atoms with E-state index in [-0.39, 0.29) is 7.43 Å². The number of fused-ring (bicyclic) bond motifs is 1. The Morgan fingerprint density at radius 2 is 1.83 bits per heavy atom. The molecule has 2 heterocycles. The first-order chi connectivity index (χ1) is 5.47. The highest BCUT2D eigenvalue weighted by Crippen LogP contribution is 2.15. The highest BCUT2D eigenvalue weighted by Gasteiger charge is 2.16. The second kappa shape index (κ2) is 4.48. The largest absolute Gasteiger partial charge is 0.360 e. The van der Waals surface area contributed by atoms with Crippen molar-refractivity contribution in [1.29, 1.82) is 0 Å². The maximum Gasteiger partial charge on any atom is 0.0988 e. The molecule has 0 aromatic carbocycles. The third kappa shape index (κ3) is 1.99. The Hall–Kier alpha value is -0.530. The molecule has 2 aliphatic heterocycles. The number of nitrogens with zero attached hydrogens (tertiary/aromatic N) is 2. The van der Waals surface area contributed by atoms with Crippen molar-refractivity contribution in [3.63, 3.8) is 0 Å². The van der Waals surface area contributed by atoms with Gasteiger partial charge in [0.15, 0.2) is 0 Å². The fourth-order valence-corrected chi connectivity index (χ4v) is 1.94. The van der Waals surface area contributed by atoms with E-state index in [2.05, 4.69) is 9.89 Å². The van der Waals surface area contributed by atoms with Gasteiger partial charge in [-0.15, -0.1) is 0 Å². The fraction of sp³-hybridized carbons (Fsp3) is 0.900. The molecule has 2 heteroatoms. The molecule has 1 saturated heterocycles.